The van der Waals surface area contributed by atoms with Gasteiger partial charge >= 0.3 is 12.2 Å². The van der Waals surface area contributed by atoms with Gasteiger partial charge in [0.1, 0.15) is 17.2 Å². The molecule has 9 heteroatoms. The number of amides is 2. The van der Waals surface area contributed by atoms with E-state index >= 15 is 0 Å². The number of aliphatic hydroxyl groups is 1. The predicted molar refractivity (Wildman–Crippen MR) is 93.4 cm³/mol. The molecule has 2 aromatic rings. The molecule has 2 aromatic heterocycles. The van der Waals surface area contributed by atoms with Crippen molar-refractivity contribution in [1.82, 2.24) is 10.6 Å². The molecule has 0 radical (unpaired) electrons. The second kappa shape index (κ2) is 9.67. The van der Waals surface area contributed by atoms with Crippen molar-refractivity contribution in [3.8, 4) is 0 Å². The fraction of sp³-hybridized carbons (Fsp3) is 0.444. The van der Waals surface area contributed by atoms with Gasteiger partial charge in [0.15, 0.2) is 13.2 Å². The third-order valence-corrected chi connectivity index (χ3v) is 3.72. The highest BCUT2D eigenvalue weighted by Crippen LogP contribution is 2.13. The first-order valence-electron chi connectivity index (χ1n) is 8.53. The Morgan fingerprint density at radius 3 is 1.93 bits per heavy atom. The topological polar surface area (TPSA) is 123 Å². The number of nitrogens with one attached hydrogen (secondary N) is 2. The number of aliphatic hydroxyl groups excluding tert-OH is 1. The second-order valence-electron chi connectivity index (χ2n) is 6.16. The third kappa shape index (κ3) is 7.06. The zero-order valence-corrected chi connectivity index (χ0v) is 15.3. The number of carbonyl (C=O) groups is 2. The lowest BCUT2D eigenvalue weighted by atomic mass is 10.0. The highest BCUT2D eigenvalue weighted by atomic mass is 16.6. The van der Waals surface area contributed by atoms with E-state index in [2.05, 4.69) is 10.6 Å². The van der Waals surface area contributed by atoms with Crippen LogP contribution >= 0.6 is 0 Å². The zero-order valence-electron chi connectivity index (χ0n) is 15.3. The Hall–Kier alpha value is -2.94. The summed E-state index contributed by atoms with van der Waals surface area (Å²) >= 11 is 0. The van der Waals surface area contributed by atoms with Crippen molar-refractivity contribution < 1.29 is 33.0 Å². The van der Waals surface area contributed by atoms with Gasteiger partial charge in [0.05, 0.1) is 18.6 Å². The molecule has 0 aromatic carbocycles. The number of hydrogen-bond donors (Lipinski definition) is 3. The summed E-state index contributed by atoms with van der Waals surface area (Å²) < 4.78 is 20.3. The average molecular weight is 380 g/mol. The quantitative estimate of drug-likeness (QED) is 0.572. The molecule has 0 spiro atoms. The molecule has 148 valence electrons. The van der Waals surface area contributed by atoms with Crippen molar-refractivity contribution in [2.45, 2.75) is 51.7 Å². The SMILES string of the molecule is CCC(O)CC(C)(NC(=O)OCc1ccco1)NC(=O)OCc1ccco1. The molecular formula is C18H24N2O7. The second-order valence-corrected chi connectivity index (χ2v) is 6.16. The lowest BCUT2D eigenvalue weighted by Crippen LogP contribution is -2.60. The number of rotatable bonds is 9. The maximum Gasteiger partial charge on any atom is 0.409 e. The molecule has 0 fully saturated rings. The minimum atomic E-state index is -1.28. The number of furan rings is 2. The fourth-order valence-electron chi connectivity index (χ4n) is 2.33. The zero-order chi connectivity index (χ0) is 19.7. The van der Waals surface area contributed by atoms with Gasteiger partial charge in [0, 0.05) is 6.42 Å². The predicted octanol–water partition coefficient (Wildman–Crippen LogP) is 2.90. The van der Waals surface area contributed by atoms with Gasteiger partial charge in [0.25, 0.3) is 0 Å². The highest BCUT2D eigenvalue weighted by molar-refractivity contribution is 5.72. The summed E-state index contributed by atoms with van der Waals surface area (Å²) in [5.41, 5.74) is -1.28. The van der Waals surface area contributed by atoms with Crippen LogP contribution in [0.15, 0.2) is 45.6 Å². The van der Waals surface area contributed by atoms with Crippen LogP contribution in [0.4, 0.5) is 9.59 Å². The molecule has 0 aliphatic heterocycles. The van der Waals surface area contributed by atoms with Gasteiger partial charge in [-0.2, -0.15) is 0 Å². The summed E-state index contributed by atoms with van der Waals surface area (Å²) in [7, 11) is 0. The Bertz CT molecular complexity index is 645. The summed E-state index contributed by atoms with van der Waals surface area (Å²) in [5.74, 6) is 0.956. The first-order valence-corrected chi connectivity index (χ1v) is 8.53. The normalized spacial score (nSPS) is 12.3. The Morgan fingerprint density at radius 2 is 1.56 bits per heavy atom. The molecule has 27 heavy (non-hydrogen) atoms. The molecule has 9 nitrogen and oxygen atoms in total. The number of ether oxygens (including phenoxy) is 2. The Labute approximate surface area is 156 Å². The van der Waals surface area contributed by atoms with E-state index in [4.69, 9.17) is 18.3 Å². The standard InChI is InChI=1S/C18H24N2O7/c1-3-13(21)10-18(2,19-16(22)26-11-14-6-4-8-24-14)20-17(23)27-12-15-7-5-9-25-15/h4-9,13,21H,3,10-12H2,1-2H3,(H,19,22)(H,20,23). The van der Waals surface area contributed by atoms with Gasteiger partial charge in [0.2, 0.25) is 0 Å². The number of carbonyl (C=O) groups excluding carboxylic acids is 2. The summed E-state index contributed by atoms with van der Waals surface area (Å²) in [5, 5.41) is 15.1. The minimum Gasteiger partial charge on any atom is -0.466 e. The molecule has 3 N–H and O–H groups in total. The van der Waals surface area contributed by atoms with Crippen LogP contribution in [0.1, 0.15) is 38.2 Å². The van der Waals surface area contributed by atoms with Crippen LogP contribution in [0.25, 0.3) is 0 Å². The van der Waals surface area contributed by atoms with Crippen molar-refractivity contribution in [3.05, 3.63) is 48.3 Å². The van der Waals surface area contributed by atoms with Gasteiger partial charge in [-0.25, -0.2) is 9.59 Å². The molecule has 0 aliphatic rings. The summed E-state index contributed by atoms with van der Waals surface area (Å²) in [6.07, 6.45) is 1.15. The number of hydrogen-bond acceptors (Lipinski definition) is 7. The maximum atomic E-state index is 12.1. The van der Waals surface area contributed by atoms with Crippen LogP contribution in [0.5, 0.6) is 0 Å². The Morgan fingerprint density at radius 1 is 1.07 bits per heavy atom. The molecule has 0 saturated carbocycles. The minimum absolute atomic E-state index is 0.0613. The van der Waals surface area contributed by atoms with Gasteiger partial charge in [-0.15, -0.1) is 0 Å². The van der Waals surface area contributed by atoms with E-state index in [-0.39, 0.29) is 19.6 Å². The van der Waals surface area contributed by atoms with Crippen molar-refractivity contribution in [2.75, 3.05) is 0 Å². The molecule has 2 rings (SSSR count). The smallest absolute Gasteiger partial charge is 0.409 e. The van der Waals surface area contributed by atoms with E-state index < -0.39 is 24.0 Å². The van der Waals surface area contributed by atoms with Crippen LogP contribution < -0.4 is 10.6 Å². The van der Waals surface area contributed by atoms with Gasteiger partial charge in [-0.05, 0) is 37.6 Å². The van der Waals surface area contributed by atoms with Crippen LogP contribution in [-0.2, 0) is 22.7 Å². The first-order chi connectivity index (χ1) is 12.9. The van der Waals surface area contributed by atoms with Crippen molar-refractivity contribution in [2.24, 2.45) is 0 Å². The maximum absolute atomic E-state index is 12.1. The Balaban J connectivity index is 1.90. The summed E-state index contributed by atoms with van der Waals surface area (Å²) in [4.78, 5) is 24.2. The first kappa shape index (κ1) is 20.4. The van der Waals surface area contributed by atoms with E-state index in [0.717, 1.165) is 0 Å². The molecule has 1 atom stereocenters. The van der Waals surface area contributed by atoms with Crippen LogP contribution in [0, 0.1) is 0 Å². The van der Waals surface area contributed by atoms with E-state index in [1.807, 2.05) is 0 Å². The van der Waals surface area contributed by atoms with E-state index in [1.54, 1.807) is 38.1 Å². The van der Waals surface area contributed by atoms with E-state index in [9.17, 15) is 14.7 Å². The van der Waals surface area contributed by atoms with Crippen LogP contribution in [-0.4, -0.2) is 29.1 Å². The van der Waals surface area contributed by atoms with E-state index in [0.29, 0.717) is 17.9 Å². The van der Waals surface area contributed by atoms with Crippen molar-refractivity contribution in [1.29, 1.82) is 0 Å². The van der Waals surface area contributed by atoms with Crippen LogP contribution in [0.3, 0.4) is 0 Å². The summed E-state index contributed by atoms with van der Waals surface area (Å²) in [6.45, 7) is 3.21. The average Bonchev–Trinajstić information content (AvgIpc) is 3.31. The molecule has 0 aliphatic carbocycles. The van der Waals surface area contributed by atoms with Crippen molar-refractivity contribution in [3.63, 3.8) is 0 Å². The number of alkyl carbamates (subject to hydrolysis) is 2. The monoisotopic (exact) mass is 380 g/mol. The largest absolute Gasteiger partial charge is 0.466 e. The Kier molecular flexibility index (Phi) is 7.30. The molecular weight excluding hydrogens is 356 g/mol. The van der Waals surface area contributed by atoms with Gasteiger partial charge in [-0.3, -0.25) is 10.6 Å². The summed E-state index contributed by atoms with van der Waals surface area (Å²) in [6, 6.07) is 6.68. The molecule has 2 heterocycles. The van der Waals surface area contributed by atoms with Crippen molar-refractivity contribution >= 4 is 12.2 Å². The van der Waals surface area contributed by atoms with Gasteiger partial charge < -0.3 is 23.4 Å². The van der Waals surface area contributed by atoms with Gasteiger partial charge in [-0.1, -0.05) is 6.92 Å². The van der Waals surface area contributed by atoms with Crippen LogP contribution in [0.2, 0.25) is 0 Å². The molecule has 0 saturated heterocycles. The fourth-order valence-corrected chi connectivity index (χ4v) is 2.33. The van der Waals surface area contributed by atoms with E-state index in [1.165, 1.54) is 12.5 Å². The lowest BCUT2D eigenvalue weighted by molar-refractivity contribution is 0.0742. The lowest BCUT2D eigenvalue weighted by Gasteiger charge is -2.32. The molecule has 0 bridgehead atoms. The molecule has 2 amide bonds. The highest BCUT2D eigenvalue weighted by Gasteiger charge is 2.32. The third-order valence-electron chi connectivity index (χ3n) is 3.72. The molecule has 1 unspecified atom stereocenters.